The van der Waals surface area contributed by atoms with E-state index in [1.807, 2.05) is 6.92 Å². The second-order valence-electron chi connectivity index (χ2n) is 6.20. The Morgan fingerprint density at radius 3 is 2.77 bits per heavy atom. The van der Waals surface area contributed by atoms with Crippen LogP contribution in [-0.4, -0.2) is 64.2 Å². The number of nitrogens with one attached hydrogen (secondary N) is 1. The van der Waals surface area contributed by atoms with Crippen molar-refractivity contribution in [2.45, 2.75) is 30.7 Å². The highest BCUT2D eigenvalue weighted by molar-refractivity contribution is 7.89. The van der Waals surface area contributed by atoms with Gasteiger partial charge in [-0.25, -0.2) is 8.42 Å². The van der Waals surface area contributed by atoms with E-state index in [2.05, 4.69) is 5.32 Å². The fourth-order valence-corrected chi connectivity index (χ4v) is 4.60. The Kier molecular flexibility index (Phi) is 6.00. The van der Waals surface area contributed by atoms with E-state index < -0.39 is 16.1 Å². The minimum atomic E-state index is -3.77. The van der Waals surface area contributed by atoms with E-state index >= 15 is 0 Å². The summed E-state index contributed by atoms with van der Waals surface area (Å²) < 4.78 is 43.9. The fourth-order valence-electron chi connectivity index (χ4n) is 2.99. The van der Waals surface area contributed by atoms with Gasteiger partial charge in [0.25, 0.3) is 0 Å². The summed E-state index contributed by atoms with van der Waals surface area (Å²) in [5, 5.41) is 2.78. The standard InChI is InChI=1S/C17H24N2O6S/c1-2-5-18-17(20)10-13-12-23-7-6-19(13)26(21,22)14-3-4-15-16(11-14)25-9-8-24-15/h3-4,11,13H,2,5-10,12H2,1H3,(H,18,20). The molecule has 1 fully saturated rings. The average molecular weight is 384 g/mol. The number of amides is 1. The predicted octanol–water partition coefficient (Wildman–Crippen LogP) is 0.764. The Hall–Kier alpha value is -1.84. The first-order valence-corrected chi connectivity index (χ1v) is 10.2. The van der Waals surface area contributed by atoms with Crippen molar-refractivity contribution >= 4 is 15.9 Å². The van der Waals surface area contributed by atoms with Gasteiger partial charge < -0.3 is 19.5 Å². The van der Waals surface area contributed by atoms with Crippen LogP contribution < -0.4 is 14.8 Å². The molecule has 3 rings (SSSR count). The van der Waals surface area contributed by atoms with Gasteiger partial charge in [0.1, 0.15) is 13.2 Å². The van der Waals surface area contributed by atoms with Crippen LogP contribution in [0.4, 0.5) is 0 Å². The lowest BCUT2D eigenvalue weighted by atomic mass is 10.2. The maximum atomic E-state index is 13.1. The monoisotopic (exact) mass is 384 g/mol. The zero-order valence-corrected chi connectivity index (χ0v) is 15.6. The highest BCUT2D eigenvalue weighted by Crippen LogP contribution is 2.34. The van der Waals surface area contributed by atoms with E-state index in [0.29, 0.717) is 37.9 Å². The number of carbonyl (C=O) groups is 1. The summed E-state index contributed by atoms with van der Waals surface area (Å²) in [7, 11) is -3.77. The van der Waals surface area contributed by atoms with Crippen LogP contribution in [0.5, 0.6) is 11.5 Å². The molecule has 0 bridgehead atoms. The van der Waals surface area contributed by atoms with Crippen LogP contribution in [0.3, 0.4) is 0 Å². The number of morpholine rings is 1. The summed E-state index contributed by atoms with van der Waals surface area (Å²) in [6.45, 7) is 4.07. The zero-order chi connectivity index (χ0) is 18.6. The smallest absolute Gasteiger partial charge is 0.243 e. The molecule has 1 atom stereocenters. The first-order chi connectivity index (χ1) is 12.5. The molecule has 1 N–H and O–H groups in total. The van der Waals surface area contributed by atoms with Gasteiger partial charge in [0, 0.05) is 25.6 Å². The highest BCUT2D eigenvalue weighted by Gasteiger charge is 2.35. The predicted molar refractivity (Wildman–Crippen MR) is 93.8 cm³/mol. The van der Waals surface area contributed by atoms with Gasteiger partial charge in [-0.05, 0) is 18.6 Å². The molecule has 1 aromatic carbocycles. The van der Waals surface area contributed by atoms with Crippen LogP contribution in [0.1, 0.15) is 19.8 Å². The molecule has 1 saturated heterocycles. The van der Waals surface area contributed by atoms with E-state index in [4.69, 9.17) is 14.2 Å². The van der Waals surface area contributed by atoms with Crippen LogP contribution in [0.15, 0.2) is 23.1 Å². The van der Waals surface area contributed by atoms with Crippen molar-refractivity contribution in [1.82, 2.24) is 9.62 Å². The van der Waals surface area contributed by atoms with Crippen molar-refractivity contribution in [3.05, 3.63) is 18.2 Å². The molecule has 26 heavy (non-hydrogen) atoms. The van der Waals surface area contributed by atoms with Gasteiger partial charge in [0.15, 0.2) is 11.5 Å². The maximum Gasteiger partial charge on any atom is 0.243 e. The fraction of sp³-hybridized carbons (Fsp3) is 0.588. The molecule has 2 heterocycles. The molecule has 144 valence electrons. The zero-order valence-electron chi connectivity index (χ0n) is 14.8. The maximum absolute atomic E-state index is 13.1. The second kappa shape index (κ2) is 8.24. The number of hydrogen-bond donors (Lipinski definition) is 1. The number of nitrogens with zero attached hydrogens (tertiary/aromatic N) is 1. The summed E-state index contributed by atoms with van der Waals surface area (Å²) in [5.74, 6) is 0.778. The van der Waals surface area contributed by atoms with E-state index in [1.165, 1.54) is 16.4 Å². The van der Waals surface area contributed by atoms with Crippen molar-refractivity contribution in [1.29, 1.82) is 0 Å². The number of fused-ring (bicyclic) bond motifs is 1. The van der Waals surface area contributed by atoms with Crippen molar-refractivity contribution in [2.75, 3.05) is 39.5 Å². The molecule has 0 saturated carbocycles. The number of carbonyl (C=O) groups excluding carboxylic acids is 1. The molecule has 1 aromatic rings. The summed E-state index contributed by atoms with van der Waals surface area (Å²) in [6, 6.07) is 4.06. The molecule has 2 aliphatic heterocycles. The third kappa shape index (κ3) is 4.11. The number of ether oxygens (including phenoxy) is 3. The van der Waals surface area contributed by atoms with Crippen molar-refractivity contribution in [2.24, 2.45) is 0 Å². The first kappa shape index (κ1) is 18.9. The first-order valence-electron chi connectivity index (χ1n) is 8.78. The second-order valence-corrected chi connectivity index (χ2v) is 8.09. The van der Waals surface area contributed by atoms with E-state index in [-0.39, 0.29) is 30.4 Å². The minimum Gasteiger partial charge on any atom is -0.486 e. The summed E-state index contributed by atoms with van der Waals surface area (Å²) in [4.78, 5) is 12.2. The largest absolute Gasteiger partial charge is 0.486 e. The Balaban J connectivity index is 1.80. The molecule has 0 aliphatic carbocycles. The SMILES string of the molecule is CCCNC(=O)CC1COCCN1S(=O)(=O)c1ccc2c(c1)OCCO2. The quantitative estimate of drug-likeness (QED) is 0.778. The number of hydrogen-bond acceptors (Lipinski definition) is 6. The minimum absolute atomic E-state index is 0.0732. The molecule has 0 radical (unpaired) electrons. The average Bonchev–Trinajstić information content (AvgIpc) is 2.66. The molecular formula is C17H24N2O6S. The Morgan fingerprint density at radius 1 is 1.23 bits per heavy atom. The Labute approximate surface area is 153 Å². The normalized spacial score (nSPS) is 20.6. The van der Waals surface area contributed by atoms with Crippen LogP contribution in [0, 0.1) is 0 Å². The number of benzene rings is 1. The number of sulfonamides is 1. The molecule has 1 unspecified atom stereocenters. The van der Waals surface area contributed by atoms with Gasteiger partial charge in [-0.15, -0.1) is 0 Å². The molecule has 9 heteroatoms. The summed E-state index contributed by atoms with van der Waals surface area (Å²) in [6.07, 6.45) is 0.899. The van der Waals surface area contributed by atoms with Crippen LogP contribution in [0.2, 0.25) is 0 Å². The molecule has 2 aliphatic rings. The van der Waals surface area contributed by atoms with Crippen LogP contribution in [0.25, 0.3) is 0 Å². The molecule has 0 spiro atoms. The van der Waals surface area contributed by atoms with Gasteiger partial charge in [0.05, 0.1) is 24.2 Å². The van der Waals surface area contributed by atoms with E-state index in [0.717, 1.165) is 6.42 Å². The summed E-state index contributed by atoms with van der Waals surface area (Å²) in [5.41, 5.74) is 0. The van der Waals surface area contributed by atoms with E-state index in [1.54, 1.807) is 6.07 Å². The van der Waals surface area contributed by atoms with Gasteiger partial charge in [-0.3, -0.25) is 4.79 Å². The van der Waals surface area contributed by atoms with Crippen molar-refractivity contribution in [3.63, 3.8) is 0 Å². The Morgan fingerprint density at radius 2 is 2.00 bits per heavy atom. The topological polar surface area (TPSA) is 94.2 Å². The van der Waals surface area contributed by atoms with Gasteiger partial charge in [-0.2, -0.15) is 4.31 Å². The molecule has 1 amide bonds. The lowest BCUT2D eigenvalue weighted by Crippen LogP contribution is -2.50. The van der Waals surface area contributed by atoms with Crippen LogP contribution in [-0.2, 0) is 19.6 Å². The Bertz CT molecular complexity index is 752. The third-order valence-electron chi connectivity index (χ3n) is 4.29. The van der Waals surface area contributed by atoms with Crippen molar-refractivity contribution < 1.29 is 27.4 Å². The van der Waals surface area contributed by atoms with Gasteiger partial charge >= 0.3 is 0 Å². The summed E-state index contributed by atoms with van der Waals surface area (Å²) >= 11 is 0. The molecular weight excluding hydrogens is 360 g/mol. The third-order valence-corrected chi connectivity index (χ3v) is 6.23. The lowest BCUT2D eigenvalue weighted by molar-refractivity contribution is -0.123. The highest BCUT2D eigenvalue weighted by atomic mass is 32.2. The van der Waals surface area contributed by atoms with E-state index in [9.17, 15) is 13.2 Å². The van der Waals surface area contributed by atoms with Gasteiger partial charge in [0.2, 0.25) is 15.9 Å². The molecule has 8 nitrogen and oxygen atoms in total. The molecule has 0 aromatic heterocycles. The number of rotatable bonds is 6. The van der Waals surface area contributed by atoms with Crippen LogP contribution >= 0.6 is 0 Å². The van der Waals surface area contributed by atoms with Crippen molar-refractivity contribution in [3.8, 4) is 11.5 Å². The van der Waals surface area contributed by atoms with Gasteiger partial charge in [-0.1, -0.05) is 6.92 Å². The lowest BCUT2D eigenvalue weighted by Gasteiger charge is -2.34.